The maximum absolute atomic E-state index is 12.5. The van der Waals surface area contributed by atoms with E-state index in [-0.39, 0.29) is 18.3 Å². The number of ether oxygens (including phenoxy) is 1. The van der Waals surface area contributed by atoms with Gasteiger partial charge >= 0.3 is 11.9 Å². The van der Waals surface area contributed by atoms with Crippen molar-refractivity contribution < 1.29 is 19.4 Å². The van der Waals surface area contributed by atoms with Crippen LogP contribution in [0.25, 0.3) is 0 Å². The SMILES string of the molecule is CCCCCCCCCC(CC)(CC(=O)O)C(=O)OCC(C)C. The topological polar surface area (TPSA) is 63.6 Å². The zero-order valence-electron chi connectivity index (χ0n) is 15.5. The Morgan fingerprint density at radius 3 is 2.04 bits per heavy atom. The van der Waals surface area contributed by atoms with Gasteiger partial charge < -0.3 is 9.84 Å². The van der Waals surface area contributed by atoms with E-state index in [9.17, 15) is 14.7 Å². The molecule has 0 saturated carbocycles. The Hall–Kier alpha value is -1.06. The summed E-state index contributed by atoms with van der Waals surface area (Å²) in [6.07, 6.45) is 9.12. The molecule has 0 aromatic heterocycles. The lowest BCUT2D eigenvalue weighted by molar-refractivity contribution is -0.163. The molecule has 1 N–H and O–H groups in total. The van der Waals surface area contributed by atoms with E-state index < -0.39 is 11.4 Å². The smallest absolute Gasteiger partial charge is 0.312 e. The zero-order valence-corrected chi connectivity index (χ0v) is 15.5. The van der Waals surface area contributed by atoms with Crippen LogP contribution in [0.15, 0.2) is 0 Å². The third-order valence-electron chi connectivity index (χ3n) is 4.41. The number of carbonyl (C=O) groups is 2. The molecule has 1 unspecified atom stereocenters. The first-order chi connectivity index (χ1) is 10.9. The van der Waals surface area contributed by atoms with Gasteiger partial charge in [-0.05, 0) is 18.8 Å². The Kier molecular flexibility index (Phi) is 11.8. The Balaban J connectivity index is 4.48. The molecule has 0 aliphatic carbocycles. The number of aliphatic carboxylic acids is 1. The van der Waals surface area contributed by atoms with Gasteiger partial charge in [-0.3, -0.25) is 9.59 Å². The minimum atomic E-state index is -0.920. The van der Waals surface area contributed by atoms with E-state index in [0.717, 1.165) is 19.3 Å². The van der Waals surface area contributed by atoms with Crippen LogP contribution in [0.3, 0.4) is 0 Å². The summed E-state index contributed by atoms with van der Waals surface area (Å²) in [4.78, 5) is 23.7. The van der Waals surface area contributed by atoms with Gasteiger partial charge in [0.1, 0.15) is 0 Å². The Morgan fingerprint density at radius 1 is 1.00 bits per heavy atom. The second-order valence-electron chi connectivity index (χ2n) is 7.07. The molecule has 0 fully saturated rings. The lowest BCUT2D eigenvalue weighted by Gasteiger charge is -2.29. The van der Waals surface area contributed by atoms with Gasteiger partial charge in [0.05, 0.1) is 18.4 Å². The van der Waals surface area contributed by atoms with Crippen LogP contribution in [0.2, 0.25) is 0 Å². The van der Waals surface area contributed by atoms with Crippen LogP contribution >= 0.6 is 0 Å². The van der Waals surface area contributed by atoms with Gasteiger partial charge in [-0.15, -0.1) is 0 Å². The summed E-state index contributed by atoms with van der Waals surface area (Å²) in [7, 11) is 0. The van der Waals surface area contributed by atoms with Crippen LogP contribution in [0.1, 0.15) is 91.9 Å². The molecule has 136 valence electrons. The summed E-state index contributed by atoms with van der Waals surface area (Å²) in [5.41, 5.74) is -0.857. The van der Waals surface area contributed by atoms with E-state index >= 15 is 0 Å². The lowest BCUT2D eigenvalue weighted by atomic mass is 9.77. The van der Waals surface area contributed by atoms with Crippen molar-refractivity contribution in [2.24, 2.45) is 11.3 Å². The van der Waals surface area contributed by atoms with Gasteiger partial charge in [0.25, 0.3) is 0 Å². The van der Waals surface area contributed by atoms with Crippen LogP contribution < -0.4 is 0 Å². The molecule has 0 aliphatic heterocycles. The van der Waals surface area contributed by atoms with E-state index in [0.29, 0.717) is 19.4 Å². The predicted molar refractivity (Wildman–Crippen MR) is 93.4 cm³/mol. The minimum absolute atomic E-state index is 0.129. The molecule has 0 bridgehead atoms. The summed E-state index contributed by atoms with van der Waals surface area (Å²) in [6, 6.07) is 0. The van der Waals surface area contributed by atoms with E-state index in [1.165, 1.54) is 25.7 Å². The molecule has 0 heterocycles. The number of esters is 1. The average Bonchev–Trinajstić information content (AvgIpc) is 2.50. The predicted octanol–water partition coefficient (Wildman–Crippen LogP) is 5.20. The third kappa shape index (κ3) is 9.62. The molecule has 0 aromatic rings. The van der Waals surface area contributed by atoms with E-state index in [2.05, 4.69) is 6.92 Å². The fraction of sp³-hybridized carbons (Fsp3) is 0.895. The van der Waals surface area contributed by atoms with Crippen LogP contribution in [-0.4, -0.2) is 23.7 Å². The minimum Gasteiger partial charge on any atom is -0.481 e. The number of unbranched alkanes of at least 4 members (excludes halogenated alkanes) is 6. The highest BCUT2D eigenvalue weighted by Gasteiger charge is 2.40. The van der Waals surface area contributed by atoms with Gasteiger partial charge in [-0.1, -0.05) is 72.6 Å². The number of carboxylic acid groups (broad SMARTS) is 1. The fourth-order valence-electron chi connectivity index (χ4n) is 2.81. The molecule has 4 nitrogen and oxygen atoms in total. The number of hydrogen-bond donors (Lipinski definition) is 1. The zero-order chi connectivity index (χ0) is 17.7. The quantitative estimate of drug-likeness (QED) is 0.352. The van der Waals surface area contributed by atoms with E-state index in [1.54, 1.807) is 0 Å². The first-order valence-electron chi connectivity index (χ1n) is 9.27. The number of rotatable bonds is 14. The van der Waals surface area contributed by atoms with Crippen molar-refractivity contribution in [2.45, 2.75) is 91.9 Å². The summed E-state index contributed by atoms with van der Waals surface area (Å²) in [5.74, 6) is -0.990. The molecule has 1 atom stereocenters. The molecule has 0 spiro atoms. The van der Waals surface area contributed by atoms with Crippen molar-refractivity contribution in [1.82, 2.24) is 0 Å². The maximum atomic E-state index is 12.5. The fourth-order valence-corrected chi connectivity index (χ4v) is 2.81. The first kappa shape index (κ1) is 21.9. The van der Waals surface area contributed by atoms with Crippen molar-refractivity contribution in [3.63, 3.8) is 0 Å². The van der Waals surface area contributed by atoms with Crippen molar-refractivity contribution in [3.8, 4) is 0 Å². The molecule has 23 heavy (non-hydrogen) atoms. The van der Waals surface area contributed by atoms with E-state index in [4.69, 9.17) is 4.74 Å². The molecule has 0 aromatic carbocycles. The van der Waals surface area contributed by atoms with Gasteiger partial charge in [0.2, 0.25) is 0 Å². The normalized spacial score (nSPS) is 13.8. The maximum Gasteiger partial charge on any atom is 0.312 e. The summed E-state index contributed by atoms with van der Waals surface area (Å²) >= 11 is 0. The highest BCUT2D eigenvalue weighted by Crippen LogP contribution is 2.35. The van der Waals surface area contributed by atoms with Crippen LogP contribution in [0.5, 0.6) is 0 Å². The average molecular weight is 328 g/mol. The molecular weight excluding hydrogens is 292 g/mol. The summed E-state index contributed by atoms with van der Waals surface area (Å²) in [5, 5.41) is 9.20. The van der Waals surface area contributed by atoms with Gasteiger partial charge in [-0.25, -0.2) is 0 Å². The van der Waals surface area contributed by atoms with Crippen molar-refractivity contribution >= 4 is 11.9 Å². The molecule has 0 saturated heterocycles. The first-order valence-corrected chi connectivity index (χ1v) is 9.27. The Morgan fingerprint density at radius 2 is 1.57 bits per heavy atom. The third-order valence-corrected chi connectivity index (χ3v) is 4.41. The second-order valence-corrected chi connectivity index (χ2v) is 7.07. The molecule has 0 aliphatic rings. The van der Waals surface area contributed by atoms with Crippen LogP contribution in [-0.2, 0) is 14.3 Å². The highest BCUT2D eigenvalue weighted by atomic mass is 16.5. The van der Waals surface area contributed by atoms with Crippen LogP contribution in [0, 0.1) is 11.3 Å². The molecule has 0 rings (SSSR count). The van der Waals surface area contributed by atoms with Crippen molar-refractivity contribution in [1.29, 1.82) is 0 Å². The summed E-state index contributed by atoms with van der Waals surface area (Å²) < 4.78 is 5.37. The van der Waals surface area contributed by atoms with Crippen molar-refractivity contribution in [3.05, 3.63) is 0 Å². The Labute approximate surface area is 142 Å². The lowest BCUT2D eigenvalue weighted by Crippen LogP contribution is -2.35. The Bertz CT molecular complexity index is 338. The number of carbonyl (C=O) groups excluding carboxylic acids is 1. The van der Waals surface area contributed by atoms with Gasteiger partial charge in [0, 0.05) is 0 Å². The number of carboxylic acids is 1. The highest BCUT2D eigenvalue weighted by molar-refractivity contribution is 5.82. The molecule has 4 heteroatoms. The van der Waals surface area contributed by atoms with Gasteiger partial charge in [-0.2, -0.15) is 0 Å². The number of hydrogen-bond acceptors (Lipinski definition) is 3. The standard InChI is InChI=1S/C19H36O4/c1-5-7-8-9-10-11-12-13-19(6-2,14-17(20)21)18(22)23-15-16(3)4/h16H,5-15H2,1-4H3,(H,20,21). The van der Waals surface area contributed by atoms with Gasteiger partial charge in [0.15, 0.2) is 0 Å². The summed E-state index contributed by atoms with van der Waals surface area (Å²) in [6.45, 7) is 8.41. The second kappa shape index (κ2) is 12.4. The monoisotopic (exact) mass is 328 g/mol. The molecule has 0 amide bonds. The van der Waals surface area contributed by atoms with Crippen molar-refractivity contribution in [2.75, 3.05) is 6.61 Å². The van der Waals surface area contributed by atoms with Crippen LogP contribution in [0.4, 0.5) is 0 Å². The molecule has 0 radical (unpaired) electrons. The van der Waals surface area contributed by atoms with E-state index in [1.807, 2.05) is 20.8 Å². The molecular formula is C19H36O4. The largest absolute Gasteiger partial charge is 0.481 e.